The Morgan fingerprint density at radius 2 is 2.00 bits per heavy atom. The summed E-state index contributed by atoms with van der Waals surface area (Å²) < 4.78 is 18.6. The predicted molar refractivity (Wildman–Crippen MR) is 78.7 cm³/mol. The minimum Gasteiger partial charge on any atom is -0.459 e. The van der Waals surface area contributed by atoms with E-state index in [1.807, 2.05) is 0 Å². The lowest BCUT2D eigenvalue weighted by molar-refractivity contribution is -0.153. The minimum absolute atomic E-state index is 0.0123. The first-order chi connectivity index (χ1) is 9.11. The fourth-order valence-electron chi connectivity index (χ4n) is 1.66. The Bertz CT molecular complexity index is 501. The van der Waals surface area contributed by atoms with Gasteiger partial charge in [0.05, 0.1) is 11.6 Å². The Labute approximate surface area is 128 Å². The summed E-state index contributed by atoms with van der Waals surface area (Å²) in [5, 5.41) is 3.23. The van der Waals surface area contributed by atoms with Gasteiger partial charge < -0.3 is 10.1 Å². The summed E-state index contributed by atoms with van der Waals surface area (Å²) >= 11 is 11.9. The lowest BCUT2D eigenvalue weighted by atomic mass is 10.1. The van der Waals surface area contributed by atoms with Crippen molar-refractivity contribution in [2.24, 2.45) is 0 Å². The highest BCUT2D eigenvalue weighted by molar-refractivity contribution is 6.36. The van der Waals surface area contributed by atoms with Crippen LogP contribution in [0.25, 0.3) is 0 Å². The molecule has 1 aromatic rings. The SMILES string of the molecule is CC(NCC(=O)OC(C)(C)C)c1c(Cl)ccc(F)c1Cl. The van der Waals surface area contributed by atoms with Crippen molar-refractivity contribution in [3.8, 4) is 0 Å². The highest BCUT2D eigenvalue weighted by Crippen LogP contribution is 2.32. The van der Waals surface area contributed by atoms with E-state index in [0.29, 0.717) is 10.6 Å². The van der Waals surface area contributed by atoms with Crippen LogP contribution >= 0.6 is 23.2 Å². The molecule has 0 aliphatic rings. The molecule has 112 valence electrons. The topological polar surface area (TPSA) is 38.3 Å². The Kier molecular flexibility index (Phi) is 5.80. The van der Waals surface area contributed by atoms with Crippen molar-refractivity contribution in [3.05, 3.63) is 33.6 Å². The molecule has 0 aromatic heterocycles. The average molecular weight is 322 g/mol. The average Bonchev–Trinajstić information content (AvgIpc) is 2.30. The molecule has 0 aliphatic carbocycles. The molecule has 0 aliphatic heterocycles. The van der Waals surface area contributed by atoms with Crippen LogP contribution in [0, 0.1) is 5.82 Å². The maximum absolute atomic E-state index is 13.4. The first-order valence-electron chi connectivity index (χ1n) is 6.20. The molecule has 1 unspecified atom stereocenters. The Hall–Kier alpha value is -0.840. The molecule has 0 heterocycles. The third-order valence-electron chi connectivity index (χ3n) is 2.49. The van der Waals surface area contributed by atoms with Crippen LogP contribution in [0.4, 0.5) is 4.39 Å². The molecule has 0 spiro atoms. The van der Waals surface area contributed by atoms with Crippen LogP contribution in [0.5, 0.6) is 0 Å². The summed E-state index contributed by atoms with van der Waals surface area (Å²) in [6, 6.07) is 2.26. The molecule has 0 bridgehead atoms. The quantitative estimate of drug-likeness (QED) is 0.669. The zero-order valence-electron chi connectivity index (χ0n) is 11.9. The van der Waals surface area contributed by atoms with E-state index >= 15 is 0 Å². The van der Waals surface area contributed by atoms with E-state index in [0.717, 1.165) is 0 Å². The highest BCUT2D eigenvalue weighted by atomic mass is 35.5. The number of carbonyl (C=O) groups excluding carboxylic acids is 1. The molecule has 1 atom stereocenters. The van der Waals surface area contributed by atoms with Crippen LogP contribution in [0.2, 0.25) is 10.0 Å². The van der Waals surface area contributed by atoms with Crippen molar-refractivity contribution in [2.45, 2.75) is 39.3 Å². The first-order valence-corrected chi connectivity index (χ1v) is 6.96. The molecular formula is C14H18Cl2FNO2. The predicted octanol–water partition coefficient (Wildman–Crippen LogP) is 4.12. The summed E-state index contributed by atoms with van der Waals surface area (Å²) in [5.74, 6) is -0.940. The molecule has 0 saturated heterocycles. The van der Waals surface area contributed by atoms with Gasteiger partial charge in [-0.25, -0.2) is 4.39 Å². The second-order valence-electron chi connectivity index (χ2n) is 5.45. The number of hydrogen-bond acceptors (Lipinski definition) is 3. The molecule has 1 aromatic carbocycles. The van der Waals surface area contributed by atoms with Gasteiger partial charge in [0, 0.05) is 16.6 Å². The number of nitrogens with one attached hydrogen (secondary N) is 1. The van der Waals surface area contributed by atoms with Gasteiger partial charge in [-0.05, 0) is 39.8 Å². The van der Waals surface area contributed by atoms with E-state index < -0.39 is 17.4 Å². The van der Waals surface area contributed by atoms with E-state index in [1.165, 1.54) is 12.1 Å². The number of ether oxygens (including phenoxy) is 1. The zero-order valence-corrected chi connectivity index (χ0v) is 13.4. The van der Waals surface area contributed by atoms with Gasteiger partial charge in [0.25, 0.3) is 0 Å². The van der Waals surface area contributed by atoms with Crippen LogP contribution in [0.1, 0.15) is 39.3 Å². The lowest BCUT2D eigenvalue weighted by Gasteiger charge is -2.21. The van der Waals surface area contributed by atoms with E-state index in [2.05, 4.69) is 5.32 Å². The maximum atomic E-state index is 13.4. The summed E-state index contributed by atoms with van der Waals surface area (Å²) in [4.78, 5) is 11.6. The van der Waals surface area contributed by atoms with Gasteiger partial charge in [-0.2, -0.15) is 0 Å². The lowest BCUT2D eigenvalue weighted by Crippen LogP contribution is -2.32. The summed E-state index contributed by atoms with van der Waals surface area (Å²) in [7, 11) is 0. The molecule has 0 fully saturated rings. The molecular weight excluding hydrogens is 304 g/mol. The Morgan fingerprint density at radius 1 is 1.40 bits per heavy atom. The summed E-state index contributed by atoms with van der Waals surface area (Å²) in [6.45, 7) is 7.09. The van der Waals surface area contributed by atoms with Crippen LogP contribution in [0.3, 0.4) is 0 Å². The van der Waals surface area contributed by atoms with E-state index in [9.17, 15) is 9.18 Å². The van der Waals surface area contributed by atoms with Crippen LogP contribution in [0.15, 0.2) is 12.1 Å². The second-order valence-corrected chi connectivity index (χ2v) is 6.23. The Balaban J connectivity index is 2.71. The van der Waals surface area contributed by atoms with Crippen molar-refractivity contribution < 1.29 is 13.9 Å². The monoisotopic (exact) mass is 321 g/mol. The summed E-state index contributed by atoms with van der Waals surface area (Å²) in [5.41, 5.74) is -0.118. The van der Waals surface area contributed by atoms with Gasteiger partial charge in [-0.1, -0.05) is 23.2 Å². The number of hydrogen-bond donors (Lipinski definition) is 1. The molecule has 0 amide bonds. The number of carbonyl (C=O) groups is 1. The molecule has 0 saturated carbocycles. The highest BCUT2D eigenvalue weighted by Gasteiger charge is 2.20. The number of benzene rings is 1. The smallest absolute Gasteiger partial charge is 0.320 e. The second kappa shape index (κ2) is 6.74. The summed E-state index contributed by atoms with van der Waals surface area (Å²) in [6.07, 6.45) is 0. The van der Waals surface area contributed by atoms with Crippen molar-refractivity contribution in [3.63, 3.8) is 0 Å². The van der Waals surface area contributed by atoms with Gasteiger partial charge in [0.2, 0.25) is 0 Å². The molecule has 20 heavy (non-hydrogen) atoms. The van der Waals surface area contributed by atoms with E-state index in [4.69, 9.17) is 27.9 Å². The van der Waals surface area contributed by atoms with Crippen molar-refractivity contribution in [1.29, 1.82) is 0 Å². The third-order valence-corrected chi connectivity index (χ3v) is 3.20. The van der Waals surface area contributed by atoms with Gasteiger partial charge in [-0.3, -0.25) is 4.79 Å². The first kappa shape index (κ1) is 17.2. The standard InChI is InChI=1S/C14H18Cl2FNO2/c1-8(18-7-11(19)20-14(2,3)4)12-9(15)5-6-10(17)13(12)16/h5-6,8,18H,7H2,1-4H3. The number of esters is 1. The van der Waals surface area contributed by atoms with Gasteiger partial charge in [0.1, 0.15) is 11.4 Å². The number of rotatable bonds is 4. The normalized spacial score (nSPS) is 13.2. The van der Waals surface area contributed by atoms with Crippen LogP contribution in [-0.2, 0) is 9.53 Å². The zero-order chi connectivity index (χ0) is 15.5. The van der Waals surface area contributed by atoms with Crippen molar-refractivity contribution in [1.82, 2.24) is 5.32 Å². The maximum Gasteiger partial charge on any atom is 0.320 e. The molecule has 6 heteroatoms. The van der Waals surface area contributed by atoms with Crippen LogP contribution in [-0.4, -0.2) is 18.1 Å². The molecule has 1 N–H and O–H groups in total. The van der Waals surface area contributed by atoms with E-state index in [1.54, 1.807) is 27.7 Å². The third kappa shape index (κ3) is 4.93. The fourth-order valence-corrected chi connectivity index (χ4v) is 2.35. The van der Waals surface area contributed by atoms with Crippen LogP contribution < -0.4 is 5.32 Å². The molecule has 3 nitrogen and oxygen atoms in total. The van der Waals surface area contributed by atoms with Gasteiger partial charge >= 0.3 is 5.97 Å². The number of halogens is 3. The fraction of sp³-hybridized carbons (Fsp3) is 0.500. The Morgan fingerprint density at radius 3 is 2.55 bits per heavy atom. The minimum atomic E-state index is -0.545. The van der Waals surface area contributed by atoms with Crippen molar-refractivity contribution >= 4 is 29.2 Å². The van der Waals surface area contributed by atoms with E-state index in [-0.39, 0.29) is 17.6 Å². The van der Waals surface area contributed by atoms with Crippen molar-refractivity contribution in [2.75, 3.05) is 6.54 Å². The van der Waals surface area contributed by atoms with Gasteiger partial charge in [0.15, 0.2) is 0 Å². The largest absolute Gasteiger partial charge is 0.459 e. The molecule has 0 radical (unpaired) electrons. The van der Waals surface area contributed by atoms with Gasteiger partial charge in [-0.15, -0.1) is 0 Å². The molecule has 1 rings (SSSR count).